The maximum atomic E-state index is 11.2. The molecule has 0 amide bonds. The van der Waals surface area contributed by atoms with Crippen LogP contribution in [-0.2, 0) is 4.74 Å². The van der Waals surface area contributed by atoms with E-state index >= 15 is 0 Å². The Morgan fingerprint density at radius 1 is 1.44 bits per heavy atom. The molecule has 2 aromatic rings. The van der Waals surface area contributed by atoms with E-state index in [4.69, 9.17) is 11.6 Å². The Hall–Kier alpha value is -1.88. The van der Waals surface area contributed by atoms with E-state index in [-0.39, 0.29) is 5.69 Å². The van der Waals surface area contributed by atoms with E-state index in [2.05, 4.69) is 19.9 Å². The summed E-state index contributed by atoms with van der Waals surface area (Å²) in [7, 11) is 1.31. The highest BCUT2D eigenvalue weighted by Crippen LogP contribution is 2.20. The molecule has 2 rings (SSSR count). The van der Waals surface area contributed by atoms with E-state index in [0.29, 0.717) is 10.7 Å². The maximum Gasteiger partial charge on any atom is 0.356 e. The van der Waals surface area contributed by atoms with Gasteiger partial charge in [-0.2, -0.15) is 5.10 Å². The third kappa shape index (κ3) is 2.04. The van der Waals surface area contributed by atoms with Crippen LogP contribution in [0.1, 0.15) is 10.5 Å². The number of pyridine rings is 1. The first-order valence-corrected chi connectivity index (χ1v) is 4.83. The number of esters is 1. The number of aromatic nitrogens is 3. The van der Waals surface area contributed by atoms with Crippen LogP contribution >= 0.6 is 11.6 Å². The zero-order valence-electron chi connectivity index (χ0n) is 8.40. The van der Waals surface area contributed by atoms with E-state index in [1.165, 1.54) is 13.3 Å². The van der Waals surface area contributed by atoms with Gasteiger partial charge in [0, 0.05) is 18.0 Å². The third-order valence-electron chi connectivity index (χ3n) is 1.98. The van der Waals surface area contributed by atoms with Crippen molar-refractivity contribution >= 4 is 17.6 Å². The lowest BCUT2D eigenvalue weighted by Gasteiger charge is -1.94. The number of carbonyl (C=O) groups excluding carboxylic acids is 1. The van der Waals surface area contributed by atoms with Gasteiger partial charge in [-0.3, -0.25) is 10.1 Å². The minimum atomic E-state index is -0.464. The van der Waals surface area contributed by atoms with Gasteiger partial charge in [-0.1, -0.05) is 11.6 Å². The van der Waals surface area contributed by atoms with Crippen molar-refractivity contribution in [2.75, 3.05) is 7.11 Å². The van der Waals surface area contributed by atoms with Crippen LogP contribution in [0, 0.1) is 0 Å². The number of aromatic amines is 1. The third-order valence-corrected chi connectivity index (χ3v) is 2.19. The van der Waals surface area contributed by atoms with E-state index in [1.54, 1.807) is 18.3 Å². The van der Waals surface area contributed by atoms with E-state index in [1.807, 2.05) is 0 Å². The van der Waals surface area contributed by atoms with Gasteiger partial charge in [0.2, 0.25) is 0 Å². The second-order valence-electron chi connectivity index (χ2n) is 3.05. The highest BCUT2D eigenvalue weighted by Gasteiger charge is 2.11. The first-order chi connectivity index (χ1) is 7.70. The summed E-state index contributed by atoms with van der Waals surface area (Å²) in [5, 5.41) is 7.07. The highest BCUT2D eigenvalue weighted by molar-refractivity contribution is 6.30. The molecular formula is C10H8ClN3O2. The van der Waals surface area contributed by atoms with Crippen LogP contribution in [0.2, 0.25) is 5.02 Å². The molecule has 0 unspecified atom stereocenters. The van der Waals surface area contributed by atoms with Crippen LogP contribution in [0.3, 0.4) is 0 Å². The van der Waals surface area contributed by atoms with Crippen molar-refractivity contribution < 1.29 is 9.53 Å². The quantitative estimate of drug-likeness (QED) is 0.811. The molecule has 0 bridgehead atoms. The van der Waals surface area contributed by atoms with Crippen molar-refractivity contribution in [3.63, 3.8) is 0 Å². The molecule has 2 heterocycles. The minimum Gasteiger partial charge on any atom is -0.464 e. The summed E-state index contributed by atoms with van der Waals surface area (Å²) >= 11 is 5.80. The fourth-order valence-corrected chi connectivity index (χ4v) is 1.41. The predicted molar refractivity (Wildman–Crippen MR) is 58.2 cm³/mol. The average Bonchev–Trinajstić information content (AvgIpc) is 2.77. The molecule has 1 N–H and O–H groups in total. The van der Waals surface area contributed by atoms with Crippen LogP contribution in [0.25, 0.3) is 11.3 Å². The molecule has 0 aliphatic rings. The van der Waals surface area contributed by atoms with Gasteiger partial charge in [0.25, 0.3) is 0 Å². The number of nitrogens with zero attached hydrogens (tertiary/aromatic N) is 2. The molecule has 0 saturated carbocycles. The monoisotopic (exact) mass is 237 g/mol. The fourth-order valence-electron chi connectivity index (χ4n) is 1.24. The van der Waals surface area contributed by atoms with Crippen LogP contribution in [-0.4, -0.2) is 28.3 Å². The lowest BCUT2D eigenvalue weighted by Crippen LogP contribution is -2.00. The normalized spacial score (nSPS) is 10.1. The Balaban J connectivity index is 2.35. The van der Waals surface area contributed by atoms with Gasteiger partial charge < -0.3 is 4.74 Å². The number of methoxy groups -OCH3 is 1. The topological polar surface area (TPSA) is 67.9 Å². The number of rotatable bonds is 2. The maximum absolute atomic E-state index is 11.2. The number of H-pyrrole nitrogens is 1. The summed E-state index contributed by atoms with van der Waals surface area (Å²) in [6.07, 6.45) is 3.14. The summed E-state index contributed by atoms with van der Waals surface area (Å²) in [6.45, 7) is 0. The van der Waals surface area contributed by atoms with Crippen molar-refractivity contribution in [1.82, 2.24) is 15.2 Å². The fraction of sp³-hybridized carbons (Fsp3) is 0.100. The first-order valence-electron chi connectivity index (χ1n) is 4.45. The van der Waals surface area contributed by atoms with Crippen LogP contribution in [0.15, 0.2) is 24.5 Å². The van der Waals surface area contributed by atoms with Gasteiger partial charge in [0.05, 0.1) is 17.8 Å². The Bertz CT molecular complexity index is 524. The number of hydrogen-bond acceptors (Lipinski definition) is 4. The Kier molecular flexibility index (Phi) is 2.87. The first kappa shape index (κ1) is 10.6. The average molecular weight is 238 g/mol. The smallest absolute Gasteiger partial charge is 0.356 e. The van der Waals surface area contributed by atoms with Crippen LogP contribution < -0.4 is 0 Å². The lowest BCUT2D eigenvalue weighted by molar-refractivity contribution is 0.0594. The van der Waals surface area contributed by atoms with Crippen molar-refractivity contribution in [1.29, 1.82) is 0 Å². The van der Waals surface area contributed by atoms with Gasteiger partial charge in [-0.15, -0.1) is 0 Å². The molecule has 0 aromatic carbocycles. The standard InChI is InChI=1S/C10H8ClN3O2/c1-16-10(15)9-3-8(13-14-9)6-2-7(11)5-12-4-6/h2-5H,1H3,(H,13,14). The van der Waals surface area contributed by atoms with Gasteiger partial charge >= 0.3 is 5.97 Å². The largest absolute Gasteiger partial charge is 0.464 e. The molecule has 0 aliphatic heterocycles. The van der Waals surface area contributed by atoms with Crippen LogP contribution in [0.5, 0.6) is 0 Å². The zero-order chi connectivity index (χ0) is 11.5. The second-order valence-corrected chi connectivity index (χ2v) is 3.49. The van der Waals surface area contributed by atoms with Crippen molar-refractivity contribution in [3.05, 3.63) is 35.2 Å². The van der Waals surface area contributed by atoms with Gasteiger partial charge in [0.15, 0.2) is 0 Å². The Morgan fingerprint density at radius 3 is 2.94 bits per heavy atom. The summed E-state index contributed by atoms with van der Waals surface area (Å²) in [6, 6.07) is 3.30. The van der Waals surface area contributed by atoms with Gasteiger partial charge in [0.1, 0.15) is 5.69 Å². The second kappa shape index (κ2) is 4.32. The summed E-state index contributed by atoms with van der Waals surface area (Å²) in [4.78, 5) is 15.1. The Morgan fingerprint density at radius 2 is 2.25 bits per heavy atom. The minimum absolute atomic E-state index is 0.289. The highest BCUT2D eigenvalue weighted by atomic mass is 35.5. The molecule has 0 spiro atoms. The summed E-state index contributed by atoms with van der Waals surface area (Å²) in [5.74, 6) is -0.464. The molecule has 0 aliphatic carbocycles. The van der Waals surface area contributed by atoms with E-state index in [0.717, 1.165) is 5.56 Å². The van der Waals surface area contributed by atoms with E-state index < -0.39 is 5.97 Å². The molecule has 0 fully saturated rings. The predicted octanol–water partition coefficient (Wildman–Crippen LogP) is 1.91. The van der Waals surface area contributed by atoms with Crippen LogP contribution in [0.4, 0.5) is 0 Å². The Labute approximate surface area is 96.4 Å². The molecule has 0 radical (unpaired) electrons. The number of ether oxygens (including phenoxy) is 1. The molecule has 2 aromatic heterocycles. The number of nitrogens with one attached hydrogen (secondary N) is 1. The molecular weight excluding hydrogens is 230 g/mol. The van der Waals surface area contributed by atoms with Gasteiger partial charge in [-0.25, -0.2) is 4.79 Å². The lowest BCUT2D eigenvalue weighted by atomic mass is 10.2. The van der Waals surface area contributed by atoms with Crippen molar-refractivity contribution in [3.8, 4) is 11.3 Å². The molecule has 0 saturated heterocycles. The summed E-state index contributed by atoms with van der Waals surface area (Å²) in [5.41, 5.74) is 1.62. The number of carbonyl (C=O) groups is 1. The summed E-state index contributed by atoms with van der Waals surface area (Å²) < 4.78 is 4.56. The molecule has 5 nitrogen and oxygen atoms in total. The van der Waals surface area contributed by atoms with Crippen molar-refractivity contribution in [2.24, 2.45) is 0 Å². The number of hydrogen-bond donors (Lipinski definition) is 1. The SMILES string of the molecule is COC(=O)c1cc(-c2cncc(Cl)c2)n[nH]1. The van der Waals surface area contributed by atoms with Crippen molar-refractivity contribution in [2.45, 2.75) is 0 Å². The molecule has 6 heteroatoms. The molecule has 82 valence electrons. The molecule has 0 atom stereocenters. The number of halogens is 1. The zero-order valence-corrected chi connectivity index (χ0v) is 9.15. The molecule has 16 heavy (non-hydrogen) atoms. The van der Waals surface area contributed by atoms with Gasteiger partial charge in [-0.05, 0) is 12.1 Å². The van der Waals surface area contributed by atoms with E-state index in [9.17, 15) is 4.79 Å².